The van der Waals surface area contributed by atoms with Crippen molar-refractivity contribution in [2.75, 3.05) is 13.6 Å². The molecular formula is C18H38N2. The second kappa shape index (κ2) is 7.26. The van der Waals surface area contributed by atoms with Gasteiger partial charge in [0.1, 0.15) is 0 Å². The van der Waals surface area contributed by atoms with E-state index in [0.29, 0.717) is 23.4 Å². The van der Waals surface area contributed by atoms with E-state index in [4.69, 9.17) is 5.73 Å². The predicted molar refractivity (Wildman–Crippen MR) is 89.8 cm³/mol. The van der Waals surface area contributed by atoms with Gasteiger partial charge in [-0.1, -0.05) is 34.6 Å². The molecule has 0 amide bonds. The van der Waals surface area contributed by atoms with E-state index in [-0.39, 0.29) is 0 Å². The fourth-order valence-electron chi connectivity index (χ4n) is 3.83. The summed E-state index contributed by atoms with van der Waals surface area (Å²) in [6, 6.07) is 1.18. The van der Waals surface area contributed by atoms with Crippen LogP contribution in [0.5, 0.6) is 0 Å². The van der Waals surface area contributed by atoms with Crippen LogP contribution in [0.25, 0.3) is 0 Å². The number of hydrogen-bond acceptors (Lipinski definition) is 2. The Hall–Kier alpha value is -0.0800. The molecule has 1 saturated carbocycles. The van der Waals surface area contributed by atoms with Crippen molar-refractivity contribution in [2.45, 2.75) is 79.3 Å². The molecule has 2 nitrogen and oxygen atoms in total. The molecule has 0 heterocycles. The van der Waals surface area contributed by atoms with E-state index in [1.54, 1.807) is 0 Å². The van der Waals surface area contributed by atoms with Gasteiger partial charge in [0.05, 0.1) is 0 Å². The number of nitrogens with zero attached hydrogens (tertiary/aromatic N) is 1. The highest BCUT2D eigenvalue weighted by Gasteiger charge is 2.34. The van der Waals surface area contributed by atoms with Gasteiger partial charge in [0.2, 0.25) is 0 Å². The first-order valence-electron chi connectivity index (χ1n) is 8.60. The maximum atomic E-state index is 6.12. The monoisotopic (exact) mass is 282 g/mol. The molecule has 20 heavy (non-hydrogen) atoms. The normalized spacial score (nSPS) is 27.9. The quantitative estimate of drug-likeness (QED) is 0.821. The van der Waals surface area contributed by atoms with Crippen LogP contribution in [0, 0.1) is 23.2 Å². The molecule has 0 saturated heterocycles. The minimum atomic E-state index is 0.473. The molecule has 2 heteroatoms. The third kappa shape index (κ3) is 4.46. The van der Waals surface area contributed by atoms with Gasteiger partial charge in [-0.3, -0.25) is 4.90 Å². The lowest BCUT2D eigenvalue weighted by Gasteiger charge is -2.44. The molecule has 0 aromatic carbocycles. The first-order valence-corrected chi connectivity index (χ1v) is 8.60. The molecule has 1 aliphatic carbocycles. The molecule has 1 fully saturated rings. The largest absolute Gasteiger partial charge is 0.329 e. The lowest BCUT2D eigenvalue weighted by Crippen LogP contribution is -2.50. The van der Waals surface area contributed by atoms with Crippen molar-refractivity contribution in [3.8, 4) is 0 Å². The van der Waals surface area contributed by atoms with Crippen molar-refractivity contribution in [1.82, 2.24) is 4.90 Å². The molecule has 2 atom stereocenters. The average Bonchev–Trinajstić information content (AvgIpc) is 2.38. The number of hydrogen-bond donors (Lipinski definition) is 1. The van der Waals surface area contributed by atoms with Crippen LogP contribution in [0.1, 0.15) is 67.2 Å². The molecule has 2 unspecified atom stereocenters. The molecule has 1 aliphatic rings. The molecule has 2 N–H and O–H groups in total. The SMILES string of the molecule is CC(C)C(C)N(C)C(CN)C1CCC(C(C)(C)C)CC1. The Bertz CT molecular complexity index is 272. The molecule has 0 aromatic heterocycles. The van der Waals surface area contributed by atoms with Gasteiger partial charge >= 0.3 is 0 Å². The summed E-state index contributed by atoms with van der Waals surface area (Å²) >= 11 is 0. The van der Waals surface area contributed by atoms with Gasteiger partial charge in [-0.25, -0.2) is 0 Å². The van der Waals surface area contributed by atoms with Gasteiger partial charge in [0.25, 0.3) is 0 Å². The van der Waals surface area contributed by atoms with Crippen molar-refractivity contribution in [3.63, 3.8) is 0 Å². The molecule has 0 radical (unpaired) electrons. The zero-order chi connectivity index (χ0) is 15.5. The lowest BCUT2D eigenvalue weighted by molar-refractivity contribution is 0.0651. The Kier molecular flexibility index (Phi) is 6.53. The molecule has 0 bridgehead atoms. The summed E-state index contributed by atoms with van der Waals surface area (Å²) in [4.78, 5) is 2.55. The zero-order valence-electron chi connectivity index (χ0n) is 14.9. The molecule has 0 aliphatic heterocycles. The summed E-state index contributed by atoms with van der Waals surface area (Å²) in [5.74, 6) is 2.38. The molecule has 120 valence electrons. The highest BCUT2D eigenvalue weighted by molar-refractivity contribution is 4.88. The standard InChI is InChI=1S/C18H38N2/c1-13(2)14(3)20(7)17(12-19)15-8-10-16(11-9-15)18(4,5)6/h13-17H,8-12,19H2,1-7H3. The van der Waals surface area contributed by atoms with Crippen molar-refractivity contribution in [3.05, 3.63) is 0 Å². The van der Waals surface area contributed by atoms with Crippen LogP contribution in [0.2, 0.25) is 0 Å². The van der Waals surface area contributed by atoms with Crippen LogP contribution in [0.4, 0.5) is 0 Å². The predicted octanol–water partition coefficient (Wildman–Crippen LogP) is 4.14. The van der Waals surface area contributed by atoms with Gasteiger partial charge in [0.15, 0.2) is 0 Å². The van der Waals surface area contributed by atoms with E-state index in [9.17, 15) is 0 Å². The van der Waals surface area contributed by atoms with Gasteiger partial charge in [-0.05, 0) is 62.8 Å². The second-order valence-electron chi connectivity index (χ2n) is 8.43. The highest BCUT2D eigenvalue weighted by Crippen LogP contribution is 2.41. The van der Waals surface area contributed by atoms with Crippen molar-refractivity contribution in [2.24, 2.45) is 28.9 Å². The minimum Gasteiger partial charge on any atom is -0.329 e. The van der Waals surface area contributed by atoms with Crippen molar-refractivity contribution in [1.29, 1.82) is 0 Å². The van der Waals surface area contributed by atoms with Crippen LogP contribution in [-0.2, 0) is 0 Å². The lowest BCUT2D eigenvalue weighted by atomic mass is 9.68. The minimum absolute atomic E-state index is 0.473. The summed E-state index contributed by atoms with van der Waals surface area (Å²) in [5.41, 5.74) is 6.59. The van der Waals surface area contributed by atoms with E-state index in [1.165, 1.54) is 25.7 Å². The van der Waals surface area contributed by atoms with Gasteiger partial charge < -0.3 is 5.73 Å². The third-order valence-electron chi connectivity index (χ3n) is 5.91. The fraction of sp³-hybridized carbons (Fsp3) is 1.00. The van der Waals surface area contributed by atoms with Gasteiger partial charge in [-0.2, -0.15) is 0 Å². The Morgan fingerprint density at radius 2 is 1.55 bits per heavy atom. The van der Waals surface area contributed by atoms with E-state index in [1.807, 2.05) is 0 Å². The zero-order valence-corrected chi connectivity index (χ0v) is 14.9. The molecule has 0 aromatic rings. The topological polar surface area (TPSA) is 29.3 Å². The smallest absolute Gasteiger partial charge is 0.0246 e. The van der Waals surface area contributed by atoms with Gasteiger partial charge in [-0.15, -0.1) is 0 Å². The van der Waals surface area contributed by atoms with E-state index in [0.717, 1.165) is 18.4 Å². The Morgan fingerprint density at radius 3 is 1.90 bits per heavy atom. The van der Waals surface area contributed by atoms with Crippen LogP contribution in [-0.4, -0.2) is 30.6 Å². The highest BCUT2D eigenvalue weighted by atomic mass is 15.2. The Morgan fingerprint density at radius 1 is 1.05 bits per heavy atom. The summed E-state index contributed by atoms with van der Waals surface area (Å²) in [7, 11) is 2.28. The first kappa shape index (κ1) is 18.0. The number of nitrogens with two attached hydrogens (primary N) is 1. The van der Waals surface area contributed by atoms with Gasteiger partial charge in [0, 0.05) is 18.6 Å². The summed E-state index contributed by atoms with van der Waals surface area (Å²) in [6.45, 7) is 14.9. The van der Waals surface area contributed by atoms with Crippen molar-refractivity contribution < 1.29 is 0 Å². The van der Waals surface area contributed by atoms with Crippen molar-refractivity contribution >= 4 is 0 Å². The van der Waals surface area contributed by atoms with Crippen LogP contribution in [0.3, 0.4) is 0 Å². The third-order valence-corrected chi connectivity index (χ3v) is 5.91. The molecule has 1 rings (SSSR count). The molecule has 0 spiro atoms. The summed E-state index contributed by atoms with van der Waals surface area (Å²) in [5, 5.41) is 0. The molecular weight excluding hydrogens is 244 g/mol. The van der Waals surface area contributed by atoms with Crippen LogP contribution >= 0.6 is 0 Å². The average molecular weight is 283 g/mol. The second-order valence-corrected chi connectivity index (χ2v) is 8.43. The van der Waals surface area contributed by atoms with E-state index < -0.39 is 0 Å². The van der Waals surface area contributed by atoms with E-state index in [2.05, 4.69) is 53.5 Å². The first-order chi connectivity index (χ1) is 9.18. The van der Waals surface area contributed by atoms with Crippen LogP contribution in [0.15, 0.2) is 0 Å². The van der Waals surface area contributed by atoms with E-state index >= 15 is 0 Å². The van der Waals surface area contributed by atoms with Crippen LogP contribution < -0.4 is 5.73 Å². The maximum absolute atomic E-state index is 6.12. The Labute approximate surface area is 127 Å². The summed E-state index contributed by atoms with van der Waals surface area (Å²) < 4.78 is 0. The fourth-order valence-corrected chi connectivity index (χ4v) is 3.83. The number of rotatable bonds is 5. The number of likely N-dealkylation sites (N-methyl/N-ethyl adjacent to an activating group) is 1. The summed E-state index contributed by atoms with van der Waals surface area (Å²) in [6.07, 6.45) is 5.49. The Balaban J connectivity index is 2.61. The maximum Gasteiger partial charge on any atom is 0.0246 e.